The summed E-state index contributed by atoms with van der Waals surface area (Å²) in [6.07, 6.45) is 36.6. The van der Waals surface area contributed by atoms with Gasteiger partial charge < -0.3 is 0 Å². The molecule has 0 aromatic rings. The summed E-state index contributed by atoms with van der Waals surface area (Å²) in [5.41, 5.74) is 3.35. The van der Waals surface area contributed by atoms with E-state index in [1.165, 1.54) is 44.9 Å². The van der Waals surface area contributed by atoms with Gasteiger partial charge in [0.15, 0.2) is 0 Å². The zero-order chi connectivity index (χ0) is 18.4. The lowest BCUT2D eigenvalue weighted by Crippen LogP contribution is -2.37. The highest BCUT2D eigenvalue weighted by Gasteiger charge is 2.59. The summed E-state index contributed by atoms with van der Waals surface area (Å²) in [5, 5.41) is 2.08. The number of hydrogen-bond donors (Lipinski definition) is 0. The van der Waals surface area contributed by atoms with E-state index in [0.717, 1.165) is 17.0 Å². The molecule has 0 bridgehead atoms. The largest absolute Gasteiger partial charge is 0.0882 e. The van der Waals surface area contributed by atoms with E-state index in [9.17, 15) is 0 Å². The van der Waals surface area contributed by atoms with E-state index >= 15 is 0 Å². The van der Waals surface area contributed by atoms with Crippen LogP contribution >= 0.6 is 7.26 Å². The average Bonchev–Trinajstić information content (AvgIpc) is 2.72. The van der Waals surface area contributed by atoms with Gasteiger partial charge in [-0.05, 0) is 102 Å². The summed E-state index contributed by atoms with van der Waals surface area (Å²) in [6.45, 7) is 0. The Bertz CT molecular complexity index is 453. The molecule has 0 aromatic carbocycles. The van der Waals surface area contributed by atoms with Crippen LogP contribution in [0, 0.1) is 0 Å². The van der Waals surface area contributed by atoms with Crippen LogP contribution in [0.4, 0.5) is 0 Å². The van der Waals surface area contributed by atoms with Gasteiger partial charge in [-0.25, -0.2) is 0 Å². The Kier molecular flexibility index (Phi) is 7.55. The maximum Gasteiger partial charge on any atom is 0.0746 e. The van der Waals surface area contributed by atoms with Crippen LogP contribution in [-0.2, 0) is 0 Å². The highest BCUT2D eigenvalue weighted by atomic mass is 31.2. The van der Waals surface area contributed by atoms with Gasteiger partial charge in [-0.2, -0.15) is 0 Å². The van der Waals surface area contributed by atoms with Crippen molar-refractivity contribution in [1.29, 1.82) is 0 Å². The molecule has 0 amide bonds. The van der Waals surface area contributed by atoms with Crippen LogP contribution in [0.3, 0.4) is 0 Å². The topological polar surface area (TPSA) is 0 Å². The minimum Gasteiger partial charge on any atom is -0.0882 e. The first-order valence-corrected chi connectivity index (χ1v) is 14.6. The van der Waals surface area contributed by atoms with E-state index in [1.54, 1.807) is 77.0 Å². The molecule has 0 spiro atoms. The predicted molar refractivity (Wildman–Crippen MR) is 123 cm³/mol. The third-order valence-electron chi connectivity index (χ3n) is 8.48. The summed E-state index contributed by atoms with van der Waals surface area (Å²) in [7, 11) is -1.02. The molecule has 27 heavy (non-hydrogen) atoms. The van der Waals surface area contributed by atoms with Crippen LogP contribution in [0.5, 0.6) is 0 Å². The lowest BCUT2D eigenvalue weighted by Gasteiger charge is -2.50. The normalized spacial score (nSPS) is 27.8. The molecule has 152 valence electrons. The first-order chi connectivity index (χ1) is 13.4. The molecule has 4 rings (SSSR count). The van der Waals surface area contributed by atoms with Gasteiger partial charge in [0, 0.05) is 6.42 Å². The van der Waals surface area contributed by atoms with Crippen molar-refractivity contribution >= 4 is 7.26 Å². The summed E-state index contributed by atoms with van der Waals surface area (Å²) in [5.74, 6) is 0. The van der Waals surface area contributed by atoms with Crippen molar-refractivity contribution in [3.8, 4) is 0 Å². The molecule has 3 fully saturated rings. The molecule has 0 saturated heterocycles. The Labute approximate surface area is 170 Å². The smallest absolute Gasteiger partial charge is 0.0746 e. The molecule has 0 radical (unpaired) electrons. The van der Waals surface area contributed by atoms with Crippen molar-refractivity contribution in [3.63, 3.8) is 0 Å². The van der Waals surface area contributed by atoms with Crippen LogP contribution in [0.1, 0.15) is 122 Å². The van der Waals surface area contributed by atoms with E-state index < -0.39 is 7.26 Å². The lowest BCUT2D eigenvalue weighted by atomic mass is 9.98. The second kappa shape index (κ2) is 10.1. The summed E-state index contributed by atoms with van der Waals surface area (Å²) >= 11 is 0. The molecule has 4 aliphatic rings. The van der Waals surface area contributed by atoms with Crippen LogP contribution in [0.15, 0.2) is 23.5 Å². The minimum atomic E-state index is -1.02. The van der Waals surface area contributed by atoms with Gasteiger partial charge in [-0.1, -0.05) is 31.4 Å². The number of rotatable bonds is 4. The summed E-state index contributed by atoms with van der Waals surface area (Å²) in [4.78, 5) is 0. The number of allylic oxidation sites excluding steroid dienone is 4. The second-order valence-electron chi connectivity index (χ2n) is 9.99. The molecule has 0 unspecified atom stereocenters. The van der Waals surface area contributed by atoms with Crippen molar-refractivity contribution in [2.24, 2.45) is 0 Å². The maximum absolute atomic E-state index is 2.84. The molecule has 1 heteroatoms. The fourth-order valence-corrected chi connectivity index (χ4v) is 15.2. The van der Waals surface area contributed by atoms with E-state index in [4.69, 9.17) is 0 Å². The fraction of sp³-hybridized carbons (Fsp3) is 0.846. The lowest BCUT2D eigenvalue weighted by molar-refractivity contribution is 0.452. The first-order valence-electron chi connectivity index (χ1n) is 12.6. The van der Waals surface area contributed by atoms with Crippen LogP contribution < -0.4 is 0 Å². The van der Waals surface area contributed by atoms with Gasteiger partial charge in [0.05, 0.1) is 29.6 Å². The summed E-state index contributed by atoms with van der Waals surface area (Å²) in [6, 6.07) is 0. The molecule has 3 saturated carbocycles. The third-order valence-corrected chi connectivity index (χ3v) is 15.1. The Hall–Kier alpha value is -0.0900. The Morgan fingerprint density at radius 2 is 0.963 bits per heavy atom. The molecule has 0 N–H and O–H groups in total. The van der Waals surface area contributed by atoms with E-state index in [-0.39, 0.29) is 0 Å². The van der Waals surface area contributed by atoms with Crippen molar-refractivity contribution in [1.82, 2.24) is 0 Å². The Morgan fingerprint density at radius 3 is 1.44 bits per heavy atom. The second-order valence-corrected chi connectivity index (χ2v) is 14.4. The van der Waals surface area contributed by atoms with E-state index in [1.807, 2.05) is 0 Å². The zero-order valence-electron chi connectivity index (χ0n) is 17.8. The van der Waals surface area contributed by atoms with Gasteiger partial charge in [-0.3, -0.25) is 0 Å². The van der Waals surface area contributed by atoms with Crippen molar-refractivity contribution in [2.45, 2.75) is 139 Å². The summed E-state index contributed by atoms with van der Waals surface area (Å²) < 4.78 is 0. The van der Waals surface area contributed by atoms with Gasteiger partial charge in [-0.15, -0.1) is 0 Å². The maximum atomic E-state index is 2.84. The highest BCUT2D eigenvalue weighted by Crippen LogP contribution is 2.82. The third kappa shape index (κ3) is 4.42. The quantitative estimate of drug-likeness (QED) is 0.333. The molecule has 4 aliphatic carbocycles. The van der Waals surface area contributed by atoms with Gasteiger partial charge in [0.25, 0.3) is 0 Å². The molecule has 0 heterocycles. The molecule has 0 aromatic heterocycles. The van der Waals surface area contributed by atoms with Gasteiger partial charge >= 0.3 is 0 Å². The van der Waals surface area contributed by atoms with Crippen LogP contribution in [0.25, 0.3) is 0 Å². The minimum absolute atomic E-state index is 1.02. The van der Waals surface area contributed by atoms with Crippen LogP contribution in [0.2, 0.25) is 0 Å². The van der Waals surface area contributed by atoms with Crippen molar-refractivity contribution in [3.05, 3.63) is 23.5 Å². The average molecular weight is 388 g/mol. The van der Waals surface area contributed by atoms with Crippen LogP contribution in [-0.4, -0.2) is 17.0 Å². The fourth-order valence-electron chi connectivity index (χ4n) is 7.39. The van der Waals surface area contributed by atoms with E-state index in [2.05, 4.69) is 23.5 Å². The van der Waals surface area contributed by atoms with Crippen molar-refractivity contribution in [2.75, 3.05) is 0 Å². The Morgan fingerprint density at radius 1 is 0.519 bits per heavy atom. The molecule has 0 atom stereocenters. The number of hydrogen-bond acceptors (Lipinski definition) is 0. The Balaban J connectivity index is 1.75. The SMILES string of the molecule is C1=CCCC([P+](C2CCCCC2)(C2CCCCC2)C2CCCCC2)=CCC1. The van der Waals surface area contributed by atoms with Crippen molar-refractivity contribution < 1.29 is 0 Å². The molecular weight excluding hydrogens is 343 g/mol. The molecule has 0 aliphatic heterocycles. The molecular formula is C26H44P+. The first kappa shape index (κ1) is 20.2. The molecule has 0 nitrogen and oxygen atoms in total. The van der Waals surface area contributed by atoms with E-state index in [0.29, 0.717) is 0 Å². The van der Waals surface area contributed by atoms with Gasteiger partial charge in [0.1, 0.15) is 0 Å². The van der Waals surface area contributed by atoms with Gasteiger partial charge in [0.2, 0.25) is 0 Å². The monoisotopic (exact) mass is 387 g/mol. The highest BCUT2D eigenvalue weighted by molar-refractivity contribution is 7.81. The predicted octanol–water partition coefficient (Wildman–Crippen LogP) is 9.02. The standard InChI is InChI=1S/C26H44P/c1-2-7-15-23(16-8-3-1)27(24-17-9-4-10-18-24,25-19-11-5-12-20-25)26-21-13-6-14-22-26/h1-2,16,24-26H,3-15,17-22H2/q+1. The zero-order valence-corrected chi connectivity index (χ0v) is 18.7.